The lowest BCUT2D eigenvalue weighted by Crippen LogP contribution is -2.16. The molecule has 0 amide bonds. The molecule has 4 heteroatoms. The summed E-state index contributed by atoms with van der Waals surface area (Å²) in [4.78, 5) is 1.86. The van der Waals surface area contributed by atoms with E-state index in [0.29, 0.717) is 13.1 Å². The largest absolute Gasteiger partial charge is 0.340 e. The van der Waals surface area contributed by atoms with Crippen LogP contribution in [0.2, 0.25) is 0 Å². The number of hydrogen-bond acceptors (Lipinski definition) is 2. The highest BCUT2D eigenvalue weighted by Gasteiger charge is 2.15. The first-order valence-corrected chi connectivity index (χ1v) is 12.9. The number of para-hydroxylation sites is 2. The molecule has 9 rings (SSSR count). The predicted molar refractivity (Wildman–Crippen MR) is 148 cm³/mol. The monoisotopic (exact) mass is 468 g/mol. The Bertz CT molecular complexity index is 1670. The third-order valence-electron chi connectivity index (χ3n) is 7.83. The Balaban J connectivity index is 1.36. The van der Waals surface area contributed by atoms with Gasteiger partial charge in [0.15, 0.2) is 6.19 Å². The third-order valence-corrected chi connectivity index (χ3v) is 7.83. The second-order valence-corrected chi connectivity index (χ2v) is 10.1. The highest BCUT2D eigenvalue weighted by molar-refractivity contribution is 6.09. The highest BCUT2D eigenvalue weighted by atomic mass is 15.1. The minimum Gasteiger partial charge on any atom is -0.340 e. The first-order valence-electron chi connectivity index (χ1n) is 12.9. The lowest BCUT2D eigenvalue weighted by molar-refractivity contribution is 0.379. The smallest absolute Gasteiger partial charge is 0.179 e. The molecule has 4 nitrogen and oxygen atoms in total. The molecule has 3 aliphatic rings. The van der Waals surface area contributed by atoms with Gasteiger partial charge in [0.1, 0.15) is 0 Å². The number of benzene rings is 4. The van der Waals surface area contributed by atoms with Gasteiger partial charge in [-0.15, -0.1) is 0 Å². The average Bonchev–Trinajstić information content (AvgIpc) is 3.40. The molecule has 4 aromatic carbocycles. The van der Waals surface area contributed by atoms with Gasteiger partial charge >= 0.3 is 0 Å². The average molecular weight is 469 g/mol. The van der Waals surface area contributed by atoms with E-state index in [1.165, 1.54) is 61.2 Å². The molecule has 6 aromatic rings. The van der Waals surface area contributed by atoms with E-state index in [2.05, 4.69) is 100 Å². The quantitative estimate of drug-likeness (QED) is 0.216. The number of aromatic nitrogens is 2. The van der Waals surface area contributed by atoms with Gasteiger partial charge in [-0.05, 0) is 66.8 Å². The highest BCUT2D eigenvalue weighted by Crippen LogP contribution is 2.33. The van der Waals surface area contributed by atoms with Crippen molar-refractivity contribution in [1.82, 2.24) is 14.0 Å². The van der Waals surface area contributed by atoms with Crippen molar-refractivity contribution in [3.63, 3.8) is 0 Å². The SMILES string of the molecule is N#CN1Cc2ccc3c(c2)c2ccccc2n3CCCCCn2c3ccccc3c3cc(ccc32)C1. The fourth-order valence-corrected chi connectivity index (χ4v) is 6.16. The fraction of sp³-hybridized carbons (Fsp3) is 0.219. The lowest BCUT2D eigenvalue weighted by atomic mass is 10.1. The molecule has 36 heavy (non-hydrogen) atoms. The predicted octanol–water partition coefficient (Wildman–Crippen LogP) is 7.57. The zero-order valence-electron chi connectivity index (χ0n) is 20.3. The van der Waals surface area contributed by atoms with Crippen molar-refractivity contribution >= 4 is 43.6 Å². The summed E-state index contributed by atoms with van der Waals surface area (Å²) in [5, 5.41) is 15.2. The van der Waals surface area contributed by atoms with E-state index in [4.69, 9.17) is 0 Å². The van der Waals surface area contributed by atoms with Gasteiger partial charge < -0.3 is 14.0 Å². The molecule has 0 saturated carbocycles. The van der Waals surface area contributed by atoms with E-state index < -0.39 is 0 Å². The Labute approximate surface area is 210 Å². The number of rotatable bonds is 0. The van der Waals surface area contributed by atoms with E-state index in [1.807, 2.05) is 4.90 Å². The third kappa shape index (κ3) is 3.35. The van der Waals surface area contributed by atoms with Crippen molar-refractivity contribution in [2.24, 2.45) is 0 Å². The summed E-state index contributed by atoms with van der Waals surface area (Å²) >= 11 is 0. The van der Waals surface area contributed by atoms with E-state index in [-0.39, 0.29) is 0 Å². The van der Waals surface area contributed by atoms with E-state index in [0.717, 1.165) is 25.9 Å². The first-order chi connectivity index (χ1) is 17.8. The molecule has 2 aromatic heterocycles. The second-order valence-electron chi connectivity index (χ2n) is 10.1. The summed E-state index contributed by atoms with van der Waals surface area (Å²) in [6.45, 7) is 3.24. The number of aryl methyl sites for hydroxylation is 2. The van der Waals surface area contributed by atoms with Crippen LogP contribution in [0.1, 0.15) is 30.4 Å². The zero-order valence-corrected chi connectivity index (χ0v) is 20.3. The van der Waals surface area contributed by atoms with Crippen LogP contribution in [0.5, 0.6) is 0 Å². The van der Waals surface area contributed by atoms with Crippen molar-refractivity contribution in [1.29, 1.82) is 5.26 Å². The maximum absolute atomic E-state index is 10.0. The van der Waals surface area contributed by atoms with Crippen LogP contribution in [0, 0.1) is 11.5 Å². The summed E-state index contributed by atoms with van der Waals surface area (Å²) in [5.41, 5.74) is 7.53. The molecule has 176 valence electrons. The Hall–Kier alpha value is -4.23. The van der Waals surface area contributed by atoms with Crippen LogP contribution >= 0.6 is 0 Å². The molecule has 8 bridgehead atoms. The summed E-state index contributed by atoms with van der Waals surface area (Å²) in [5.74, 6) is 0. The van der Waals surface area contributed by atoms with Crippen molar-refractivity contribution in [2.75, 3.05) is 0 Å². The van der Waals surface area contributed by atoms with Gasteiger partial charge in [0.2, 0.25) is 0 Å². The molecule has 0 N–H and O–H groups in total. The Morgan fingerprint density at radius 1 is 0.528 bits per heavy atom. The summed E-state index contributed by atoms with van der Waals surface area (Å²) < 4.78 is 4.97. The van der Waals surface area contributed by atoms with Crippen LogP contribution in [-0.2, 0) is 26.2 Å². The molecule has 0 radical (unpaired) electrons. The summed E-state index contributed by atoms with van der Waals surface area (Å²) in [6, 6.07) is 30.9. The molecule has 0 saturated heterocycles. The molecular weight excluding hydrogens is 440 g/mol. The number of hydrogen-bond donors (Lipinski definition) is 0. The van der Waals surface area contributed by atoms with Crippen LogP contribution < -0.4 is 0 Å². The van der Waals surface area contributed by atoms with Gasteiger partial charge in [-0.25, -0.2) is 0 Å². The minimum atomic E-state index is 0.603. The number of fused-ring (bicyclic) bond motifs is 3. The van der Waals surface area contributed by atoms with Gasteiger partial charge in [0.05, 0.1) is 13.1 Å². The van der Waals surface area contributed by atoms with E-state index in [1.54, 1.807) is 0 Å². The van der Waals surface area contributed by atoms with Crippen LogP contribution in [0.15, 0.2) is 84.9 Å². The fourth-order valence-electron chi connectivity index (χ4n) is 6.16. The molecule has 3 aliphatic heterocycles. The summed E-state index contributed by atoms with van der Waals surface area (Å²) in [7, 11) is 0. The number of nitriles is 1. The topological polar surface area (TPSA) is 36.9 Å². The lowest BCUT2D eigenvalue weighted by Gasteiger charge is -2.17. The maximum atomic E-state index is 10.0. The second kappa shape index (κ2) is 8.46. The van der Waals surface area contributed by atoms with Crippen molar-refractivity contribution in [2.45, 2.75) is 45.4 Å². The Morgan fingerprint density at radius 2 is 1.00 bits per heavy atom. The van der Waals surface area contributed by atoms with Gasteiger partial charge in [-0.1, -0.05) is 48.5 Å². The molecular formula is C32H28N4. The van der Waals surface area contributed by atoms with Crippen LogP contribution in [-0.4, -0.2) is 14.0 Å². The van der Waals surface area contributed by atoms with Gasteiger partial charge in [-0.3, -0.25) is 0 Å². The van der Waals surface area contributed by atoms with Crippen molar-refractivity contribution in [3.8, 4) is 6.19 Å². The van der Waals surface area contributed by atoms with E-state index >= 15 is 0 Å². The van der Waals surface area contributed by atoms with E-state index in [9.17, 15) is 5.26 Å². The Kier molecular flexibility index (Phi) is 4.96. The maximum Gasteiger partial charge on any atom is 0.179 e. The molecule has 0 spiro atoms. The zero-order chi connectivity index (χ0) is 24.1. The van der Waals surface area contributed by atoms with Crippen molar-refractivity contribution < 1.29 is 0 Å². The van der Waals surface area contributed by atoms with Crippen LogP contribution in [0.25, 0.3) is 43.6 Å². The Morgan fingerprint density at radius 3 is 1.50 bits per heavy atom. The number of nitrogens with zero attached hydrogens (tertiary/aromatic N) is 4. The molecule has 0 fully saturated rings. The van der Waals surface area contributed by atoms with Crippen LogP contribution in [0.3, 0.4) is 0 Å². The van der Waals surface area contributed by atoms with Gasteiger partial charge in [0, 0.05) is 56.7 Å². The minimum absolute atomic E-state index is 0.603. The van der Waals surface area contributed by atoms with Gasteiger partial charge in [-0.2, -0.15) is 5.26 Å². The molecule has 0 aliphatic carbocycles. The van der Waals surface area contributed by atoms with Crippen molar-refractivity contribution in [3.05, 3.63) is 96.1 Å². The molecule has 5 heterocycles. The summed E-state index contributed by atoms with van der Waals surface area (Å²) in [6.07, 6.45) is 5.94. The standard InChI is InChI=1S/C32H28N4/c33-22-34-20-23-12-14-31-27(18-23)25-8-2-4-10-29(25)35(31)16-6-1-7-17-36-30-11-5-3-9-26(30)28-19-24(21-34)13-15-32(28)36/h2-5,8-15,18-19H,1,6-7,16-17,20-21H2. The molecule has 0 atom stereocenters. The molecule has 0 unspecified atom stereocenters. The first kappa shape index (κ1) is 21.1. The van der Waals surface area contributed by atoms with Crippen LogP contribution in [0.4, 0.5) is 0 Å². The normalized spacial score (nSPS) is 14.9. The van der Waals surface area contributed by atoms with Gasteiger partial charge in [0.25, 0.3) is 0 Å².